The predicted octanol–water partition coefficient (Wildman–Crippen LogP) is 1.86. The van der Waals surface area contributed by atoms with Crippen LogP contribution in [-0.4, -0.2) is 41.9 Å². The molecule has 2 N–H and O–H groups in total. The lowest BCUT2D eigenvalue weighted by Crippen LogP contribution is -2.51. The van der Waals surface area contributed by atoms with E-state index < -0.39 is 30.4 Å². The second kappa shape index (κ2) is 7.34. The highest BCUT2D eigenvalue weighted by Gasteiger charge is 2.31. The van der Waals surface area contributed by atoms with Crippen molar-refractivity contribution in [1.29, 1.82) is 0 Å². The third kappa shape index (κ3) is 3.79. The van der Waals surface area contributed by atoms with Gasteiger partial charge in [0.2, 0.25) is 5.91 Å². The summed E-state index contributed by atoms with van der Waals surface area (Å²) in [6.07, 6.45) is 2.22. The number of amides is 2. The number of carbonyl (C=O) groups excluding carboxylic acids is 3. The van der Waals surface area contributed by atoms with Crippen molar-refractivity contribution in [3.8, 4) is 0 Å². The first-order valence-electron chi connectivity index (χ1n) is 8.31. The standard InChI is InChI=1S/C19H20N2O4/c20-18(23)16-7-3-4-10-21(16)17(22)12-25-19(24)15-9-8-13-5-1-2-6-14(13)11-15/h1-2,5-6,8-9,11,16H,3-4,7,10,12H2,(H2,20,23)/t16-/m0/s1. The van der Waals surface area contributed by atoms with Crippen molar-refractivity contribution < 1.29 is 19.1 Å². The molecule has 130 valence electrons. The second-order valence-corrected chi connectivity index (χ2v) is 6.14. The number of fused-ring (bicyclic) bond motifs is 1. The molecule has 2 amide bonds. The molecule has 1 fully saturated rings. The van der Waals surface area contributed by atoms with Gasteiger partial charge in [0.15, 0.2) is 6.61 Å². The van der Waals surface area contributed by atoms with Gasteiger partial charge in [-0.15, -0.1) is 0 Å². The number of likely N-dealkylation sites (tertiary alicyclic amines) is 1. The van der Waals surface area contributed by atoms with Crippen LogP contribution in [0.2, 0.25) is 0 Å². The summed E-state index contributed by atoms with van der Waals surface area (Å²) in [7, 11) is 0. The van der Waals surface area contributed by atoms with E-state index in [2.05, 4.69) is 0 Å². The van der Waals surface area contributed by atoms with E-state index in [1.54, 1.807) is 12.1 Å². The molecule has 1 saturated heterocycles. The van der Waals surface area contributed by atoms with Crippen LogP contribution in [-0.2, 0) is 14.3 Å². The van der Waals surface area contributed by atoms with E-state index in [-0.39, 0.29) is 0 Å². The van der Waals surface area contributed by atoms with Gasteiger partial charge in [-0.05, 0) is 42.2 Å². The van der Waals surface area contributed by atoms with Gasteiger partial charge in [-0.2, -0.15) is 0 Å². The minimum absolute atomic E-state index is 0.386. The molecule has 2 aromatic rings. The van der Waals surface area contributed by atoms with E-state index in [4.69, 9.17) is 10.5 Å². The fourth-order valence-corrected chi connectivity index (χ4v) is 3.14. The van der Waals surface area contributed by atoms with Crippen molar-refractivity contribution in [2.45, 2.75) is 25.3 Å². The van der Waals surface area contributed by atoms with Crippen molar-refractivity contribution in [1.82, 2.24) is 4.90 Å². The molecular formula is C19H20N2O4. The van der Waals surface area contributed by atoms with Crippen molar-refractivity contribution in [3.05, 3.63) is 48.0 Å². The van der Waals surface area contributed by atoms with Gasteiger partial charge in [0.1, 0.15) is 6.04 Å². The summed E-state index contributed by atoms with van der Waals surface area (Å²) in [6, 6.07) is 12.3. The summed E-state index contributed by atoms with van der Waals surface area (Å²) < 4.78 is 5.14. The molecule has 6 heteroatoms. The molecule has 0 aromatic heterocycles. The van der Waals surface area contributed by atoms with E-state index in [0.29, 0.717) is 18.5 Å². The smallest absolute Gasteiger partial charge is 0.338 e. The summed E-state index contributed by atoms with van der Waals surface area (Å²) in [4.78, 5) is 37.4. The van der Waals surface area contributed by atoms with Crippen molar-refractivity contribution in [2.24, 2.45) is 5.73 Å². The van der Waals surface area contributed by atoms with E-state index in [9.17, 15) is 14.4 Å². The molecular weight excluding hydrogens is 320 g/mol. The van der Waals surface area contributed by atoms with Crippen LogP contribution in [0.3, 0.4) is 0 Å². The molecule has 1 aliphatic heterocycles. The molecule has 0 bridgehead atoms. The molecule has 25 heavy (non-hydrogen) atoms. The molecule has 1 aliphatic rings. The maximum absolute atomic E-state index is 12.3. The molecule has 2 aromatic carbocycles. The number of primary amides is 1. The normalized spacial score (nSPS) is 17.3. The van der Waals surface area contributed by atoms with Gasteiger partial charge in [0, 0.05) is 6.54 Å². The quantitative estimate of drug-likeness (QED) is 0.860. The molecule has 1 heterocycles. The average Bonchev–Trinajstić information content (AvgIpc) is 2.65. The molecule has 3 rings (SSSR count). The van der Waals surface area contributed by atoms with E-state index in [1.165, 1.54) is 4.90 Å². The summed E-state index contributed by atoms with van der Waals surface area (Å²) in [5.74, 6) is -1.47. The van der Waals surface area contributed by atoms with E-state index in [1.807, 2.05) is 30.3 Å². The number of ether oxygens (including phenoxy) is 1. The van der Waals surface area contributed by atoms with Gasteiger partial charge >= 0.3 is 5.97 Å². The van der Waals surface area contributed by atoms with Crippen LogP contribution >= 0.6 is 0 Å². The van der Waals surface area contributed by atoms with Crippen LogP contribution in [0, 0.1) is 0 Å². The van der Waals surface area contributed by atoms with Gasteiger partial charge in [-0.25, -0.2) is 4.79 Å². The Kier molecular flexibility index (Phi) is 4.97. The zero-order valence-electron chi connectivity index (χ0n) is 13.8. The SMILES string of the molecule is NC(=O)[C@@H]1CCCCN1C(=O)COC(=O)c1ccc2ccccc2c1. The van der Waals surface area contributed by atoms with Crippen molar-refractivity contribution >= 4 is 28.6 Å². The lowest BCUT2D eigenvalue weighted by molar-refractivity contribution is -0.143. The largest absolute Gasteiger partial charge is 0.452 e. The molecule has 0 spiro atoms. The number of hydrogen-bond donors (Lipinski definition) is 1. The fourth-order valence-electron chi connectivity index (χ4n) is 3.14. The van der Waals surface area contributed by atoms with E-state index in [0.717, 1.165) is 23.6 Å². The number of piperidine rings is 1. The monoisotopic (exact) mass is 340 g/mol. The van der Waals surface area contributed by atoms with Crippen LogP contribution in [0.15, 0.2) is 42.5 Å². The summed E-state index contributed by atoms with van der Waals surface area (Å²) in [5, 5.41) is 1.95. The number of esters is 1. The van der Waals surface area contributed by atoms with Crippen LogP contribution < -0.4 is 5.73 Å². The summed E-state index contributed by atoms with van der Waals surface area (Å²) in [6.45, 7) is 0.0649. The maximum Gasteiger partial charge on any atom is 0.338 e. The average molecular weight is 340 g/mol. The Hall–Kier alpha value is -2.89. The number of benzene rings is 2. The Bertz CT molecular complexity index is 818. The first kappa shape index (κ1) is 17.0. The molecule has 0 aliphatic carbocycles. The molecule has 0 unspecified atom stereocenters. The van der Waals surface area contributed by atoms with Crippen molar-refractivity contribution in [2.75, 3.05) is 13.2 Å². The van der Waals surface area contributed by atoms with Crippen LogP contribution in [0.5, 0.6) is 0 Å². The zero-order chi connectivity index (χ0) is 17.8. The van der Waals surface area contributed by atoms with E-state index >= 15 is 0 Å². The first-order chi connectivity index (χ1) is 12.1. The minimum Gasteiger partial charge on any atom is -0.452 e. The van der Waals surface area contributed by atoms with Crippen LogP contribution in [0.4, 0.5) is 0 Å². The topological polar surface area (TPSA) is 89.7 Å². The lowest BCUT2D eigenvalue weighted by atomic mass is 10.0. The predicted molar refractivity (Wildman–Crippen MR) is 92.8 cm³/mol. The Morgan fingerprint density at radius 3 is 2.60 bits per heavy atom. The lowest BCUT2D eigenvalue weighted by Gasteiger charge is -2.33. The number of hydrogen-bond acceptors (Lipinski definition) is 4. The third-order valence-electron chi connectivity index (χ3n) is 4.46. The highest BCUT2D eigenvalue weighted by molar-refractivity contribution is 5.96. The second-order valence-electron chi connectivity index (χ2n) is 6.14. The molecule has 0 saturated carbocycles. The highest BCUT2D eigenvalue weighted by atomic mass is 16.5. The molecule has 6 nitrogen and oxygen atoms in total. The molecule has 0 radical (unpaired) electrons. The Labute approximate surface area is 145 Å². The number of nitrogens with two attached hydrogens (primary N) is 1. The van der Waals surface area contributed by atoms with Gasteiger partial charge in [0.05, 0.1) is 5.56 Å². The first-order valence-corrected chi connectivity index (χ1v) is 8.31. The van der Waals surface area contributed by atoms with Gasteiger partial charge < -0.3 is 15.4 Å². The molecule has 1 atom stereocenters. The van der Waals surface area contributed by atoms with Crippen LogP contribution in [0.1, 0.15) is 29.6 Å². The Morgan fingerprint density at radius 2 is 1.84 bits per heavy atom. The summed E-state index contributed by atoms with van der Waals surface area (Å²) >= 11 is 0. The fraction of sp³-hybridized carbons (Fsp3) is 0.316. The number of nitrogens with zero attached hydrogens (tertiary/aromatic N) is 1. The minimum atomic E-state index is -0.611. The Morgan fingerprint density at radius 1 is 1.08 bits per heavy atom. The summed E-state index contributed by atoms with van der Waals surface area (Å²) in [5.41, 5.74) is 5.74. The van der Waals surface area contributed by atoms with Crippen LogP contribution in [0.25, 0.3) is 10.8 Å². The van der Waals surface area contributed by atoms with Gasteiger partial charge in [0.25, 0.3) is 5.91 Å². The number of carbonyl (C=O) groups is 3. The number of rotatable bonds is 4. The van der Waals surface area contributed by atoms with Gasteiger partial charge in [-0.3, -0.25) is 9.59 Å². The van der Waals surface area contributed by atoms with Gasteiger partial charge in [-0.1, -0.05) is 30.3 Å². The maximum atomic E-state index is 12.3. The highest BCUT2D eigenvalue weighted by Crippen LogP contribution is 2.18. The third-order valence-corrected chi connectivity index (χ3v) is 4.46. The zero-order valence-corrected chi connectivity index (χ0v) is 13.8. The van der Waals surface area contributed by atoms with Crippen molar-refractivity contribution in [3.63, 3.8) is 0 Å². The Balaban J connectivity index is 1.64.